The lowest BCUT2D eigenvalue weighted by atomic mass is 10.1. The summed E-state index contributed by atoms with van der Waals surface area (Å²) in [4.78, 5) is 4.25. The molecule has 2 aromatic carbocycles. The lowest BCUT2D eigenvalue weighted by Gasteiger charge is -2.12. The summed E-state index contributed by atoms with van der Waals surface area (Å²) in [6.45, 7) is 3.37. The fourth-order valence-electron chi connectivity index (χ4n) is 2.52. The highest BCUT2D eigenvalue weighted by Gasteiger charge is 2.07. The average Bonchev–Trinajstić information content (AvgIpc) is 3.13. The number of aryl methyl sites for hydroxylation is 1. The summed E-state index contributed by atoms with van der Waals surface area (Å²) in [6, 6.07) is 20.2. The number of hydrogen-bond donors (Lipinski definition) is 2. The number of rotatable bonds is 5. The van der Waals surface area contributed by atoms with Gasteiger partial charge in [-0.3, -0.25) is 4.99 Å². The van der Waals surface area contributed by atoms with Crippen molar-refractivity contribution in [1.29, 1.82) is 0 Å². The van der Waals surface area contributed by atoms with Gasteiger partial charge in [0.25, 0.3) is 0 Å². The Kier molecular flexibility index (Phi) is 7.65. The quantitative estimate of drug-likeness (QED) is 0.340. The van der Waals surface area contributed by atoms with Crippen LogP contribution in [-0.2, 0) is 13.1 Å². The van der Waals surface area contributed by atoms with Gasteiger partial charge in [-0.25, -0.2) is 0 Å². The van der Waals surface area contributed by atoms with E-state index in [1.54, 1.807) is 7.05 Å². The van der Waals surface area contributed by atoms with Crippen LogP contribution in [0.4, 0.5) is 0 Å². The van der Waals surface area contributed by atoms with E-state index in [4.69, 9.17) is 4.52 Å². The van der Waals surface area contributed by atoms with E-state index in [0.29, 0.717) is 6.54 Å². The van der Waals surface area contributed by atoms with Gasteiger partial charge in [0.2, 0.25) is 0 Å². The van der Waals surface area contributed by atoms with Crippen molar-refractivity contribution in [3.63, 3.8) is 0 Å². The highest BCUT2D eigenvalue weighted by atomic mass is 127. The van der Waals surface area contributed by atoms with Crippen LogP contribution in [-0.4, -0.2) is 18.2 Å². The molecule has 3 aromatic rings. The van der Waals surface area contributed by atoms with Crippen LogP contribution in [0.5, 0.6) is 0 Å². The van der Waals surface area contributed by atoms with Crippen LogP contribution in [0.1, 0.15) is 16.8 Å². The fourth-order valence-corrected chi connectivity index (χ4v) is 2.52. The normalized spacial score (nSPS) is 10.9. The Morgan fingerprint density at radius 3 is 2.42 bits per heavy atom. The monoisotopic (exact) mass is 462 g/mol. The largest absolute Gasteiger partial charge is 0.356 e. The molecule has 136 valence electrons. The van der Waals surface area contributed by atoms with E-state index < -0.39 is 0 Å². The van der Waals surface area contributed by atoms with E-state index in [0.717, 1.165) is 29.5 Å². The van der Waals surface area contributed by atoms with Gasteiger partial charge in [0.15, 0.2) is 11.7 Å². The molecule has 0 aliphatic rings. The maximum Gasteiger partial charge on any atom is 0.191 e. The number of aromatic nitrogens is 1. The molecule has 1 heterocycles. The van der Waals surface area contributed by atoms with Crippen molar-refractivity contribution < 1.29 is 4.52 Å². The minimum atomic E-state index is 0. The van der Waals surface area contributed by atoms with Crippen LogP contribution < -0.4 is 10.6 Å². The zero-order chi connectivity index (χ0) is 17.5. The predicted molar refractivity (Wildman–Crippen MR) is 116 cm³/mol. The summed E-state index contributed by atoms with van der Waals surface area (Å²) in [5.74, 6) is 1.49. The first-order valence-electron chi connectivity index (χ1n) is 8.26. The maximum atomic E-state index is 5.41. The first kappa shape index (κ1) is 20.0. The maximum absolute atomic E-state index is 5.41. The van der Waals surface area contributed by atoms with E-state index in [9.17, 15) is 0 Å². The third-order valence-corrected chi connectivity index (χ3v) is 3.99. The first-order valence-corrected chi connectivity index (χ1v) is 8.26. The number of nitrogens with zero attached hydrogens (tertiary/aromatic N) is 2. The van der Waals surface area contributed by atoms with E-state index >= 15 is 0 Å². The highest BCUT2D eigenvalue weighted by molar-refractivity contribution is 14.0. The Morgan fingerprint density at radius 1 is 1.00 bits per heavy atom. The number of guanidine groups is 1. The third-order valence-electron chi connectivity index (χ3n) is 3.99. The van der Waals surface area contributed by atoms with Gasteiger partial charge in [-0.15, -0.1) is 24.0 Å². The van der Waals surface area contributed by atoms with Gasteiger partial charge in [0.1, 0.15) is 5.69 Å². The third kappa shape index (κ3) is 5.32. The second-order valence-corrected chi connectivity index (χ2v) is 5.75. The van der Waals surface area contributed by atoms with Gasteiger partial charge in [-0.05, 0) is 18.1 Å². The molecule has 0 bridgehead atoms. The van der Waals surface area contributed by atoms with E-state index in [-0.39, 0.29) is 24.0 Å². The standard InChI is InChI=1S/C20H22N4O.HI/c1-15-8-6-7-11-17(15)13-22-20(21-2)23-14-18-12-19(25-24-18)16-9-4-3-5-10-16;/h3-12H,13-14H2,1-2H3,(H2,21,22,23);1H. The summed E-state index contributed by atoms with van der Waals surface area (Å²) < 4.78 is 5.41. The molecule has 0 amide bonds. The molecule has 0 fully saturated rings. The van der Waals surface area contributed by atoms with E-state index in [2.05, 4.69) is 39.8 Å². The molecule has 26 heavy (non-hydrogen) atoms. The molecule has 6 heteroatoms. The summed E-state index contributed by atoms with van der Waals surface area (Å²) in [6.07, 6.45) is 0. The molecule has 5 nitrogen and oxygen atoms in total. The van der Waals surface area contributed by atoms with Gasteiger partial charge in [0, 0.05) is 25.2 Å². The molecule has 0 aliphatic heterocycles. The fraction of sp³-hybridized carbons (Fsp3) is 0.200. The molecule has 0 unspecified atom stereocenters. The van der Waals surface area contributed by atoms with Gasteiger partial charge in [-0.1, -0.05) is 59.8 Å². The van der Waals surface area contributed by atoms with Crippen molar-refractivity contribution in [2.45, 2.75) is 20.0 Å². The Hall–Kier alpha value is -2.35. The number of hydrogen-bond acceptors (Lipinski definition) is 3. The van der Waals surface area contributed by atoms with Crippen molar-refractivity contribution >= 4 is 29.9 Å². The van der Waals surface area contributed by atoms with Crippen molar-refractivity contribution in [3.05, 3.63) is 77.5 Å². The topological polar surface area (TPSA) is 62.5 Å². The van der Waals surface area contributed by atoms with Gasteiger partial charge in [-0.2, -0.15) is 0 Å². The molecular weight excluding hydrogens is 439 g/mol. The minimum Gasteiger partial charge on any atom is -0.356 e. The molecule has 0 spiro atoms. The van der Waals surface area contributed by atoms with Crippen LogP contribution in [0.3, 0.4) is 0 Å². The second-order valence-electron chi connectivity index (χ2n) is 5.75. The minimum absolute atomic E-state index is 0. The lowest BCUT2D eigenvalue weighted by Crippen LogP contribution is -2.36. The molecule has 3 rings (SSSR count). The molecule has 0 atom stereocenters. The summed E-state index contributed by atoms with van der Waals surface area (Å²) in [5.41, 5.74) is 4.36. The highest BCUT2D eigenvalue weighted by Crippen LogP contribution is 2.19. The Morgan fingerprint density at radius 2 is 1.69 bits per heavy atom. The Balaban J connectivity index is 0.00000243. The zero-order valence-corrected chi connectivity index (χ0v) is 17.2. The van der Waals surface area contributed by atoms with Gasteiger partial charge in [0.05, 0.1) is 6.54 Å². The van der Waals surface area contributed by atoms with Gasteiger partial charge >= 0.3 is 0 Å². The summed E-state index contributed by atoms with van der Waals surface area (Å²) in [5, 5.41) is 10.7. The van der Waals surface area contributed by atoms with Crippen LogP contribution in [0.25, 0.3) is 11.3 Å². The lowest BCUT2D eigenvalue weighted by molar-refractivity contribution is 0.422. The van der Waals surface area contributed by atoms with Crippen molar-refractivity contribution in [2.75, 3.05) is 7.05 Å². The Bertz CT molecular complexity index is 846. The number of halogens is 1. The van der Waals surface area contributed by atoms with Gasteiger partial charge < -0.3 is 15.2 Å². The van der Waals surface area contributed by atoms with Crippen molar-refractivity contribution in [1.82, 2.24) is 15.8 Å². The second kappa shape index (κ2) is 9.96. The molecular formula is C20H23IN4O. The molecule has 0 saturated heterocycles. The van der Waals surface area contributed by atoms with E-state index in [1.165, 1.54) is 11.1 Å². The average molecular weight is 462 g/mol. The smallest absolute Gasteiger partial charge is 0.191 e. The summed E-state index contributed by atoms with van der Waals surface area (Å²) in [7, 11) is 1.76. The molecule has 2 N–H and O–H groups in total. The van der Waals surface area contributed by atoms with Crippen LogP contribution in [0.15, 0.2) is 70.2 Å². The van der Waals surface area contributed by atoms with E-state index in [1.807, 2.05) is 48.5 Å². The SMILES string of the molecule is CN=C(NCc1cc(-c2ccccc2)on1)NCc1ccccc1C.I. The Labute approximate surface area is 170 Å². The summed E-state index contributed by atoms with van der Waals surface area (Å²) >= 11 is 0. The number of nitrogens with one attached hydrogen (secondary N) is 2. The number of benzene rings is 2. The van der Waals surface area contributed by atoms with Crippen LogP contribution in [0.2, 0.25) is 0 Å². The molecule has 0 aliphatic carbocycles. The predicted octanol–water partition coefficient (Wildman–Crippen LogP) is 4.13. The molecule has 0 radical (unpaired) electrons. The number of aliphatic imine (C=N–C) groups is 1. The van der Waals surface area contributed by atoms with Crippen LogP contribution >= 0.6 is 24.0 Å². The van der Waals surface area contributed by atoms with Crippen molar-refractivity contribution in [3.8, 4) is 11.3 Å². The van der Waals surface area contributed by atoms with Crippen molar-refractivity contribution in [2.24, 2.45) is 4.99 Å². The van der Waals surface area contributed by atoms with Crippen LogP contribution in [0, 0.1) is 6.92 Å². The zero-order valence-electron chi connectivity index (χ0n) is 14.9. The molecule has 0 saturated carbocycles. The molecule has 1 aromatic heterocycles. The first-order chi connectivity index (χ1) is 12.3.